The molecule has 0 spiro atoms. The molecular weight excluding hydrogens is 250 g/mol. The molecule has 1 aliphatic heterocycles. The first-order valence-electron chi connectivity index (χ1n) is 7.79. The lowest BCUT2D eigenvalue weighted by molar-refractivity contribution is 0.108. The molecule has 0 fully saturated rings. The average molecular weight is 277 g/mol. The molecule has 1 N–H and O–H groups in total. The van der Waals surface area contributed by atoms with Crippen LogP contribution in [0.25, 0.3) is 0 Å². The summed E-state index contributed by atoms with van der Waals surface area (Å²) < 4.78 is 11.1. The molecule has 1 aromatic carbocycles. The number of ether oxygens (including phenoxy) is 2. The molecule has 1 aliphatic rings. The summed E-state index contributed by atoms with van der Waals surface area (Å²) in [7, 11) is 0. The second-order valence-electron chi connectivity index (χ2n) is 5.86. The highest BCUT2D eigenvalue weighted by atomic mass is 16.5. The fourth-order valence-electron chi connectivity index (χ4n) is 2.37. The van der Waals surface area contributed by atoms with Gasteiger partial charge in [0.15, 0.2) is 0 Å². The number of hydrogen-bond donors (Lipinski definition) is 1. The van der Waals surface area contributed by atoms with Gasteiger partial charge in [0, 0.05) is 19.6 Å². The lowest BCUT2D eigenvalue weighted by Gasteiger charge is -2.08. The molecule has 1 aromatic rings. The van der Waals surface area contributed by atoms with Crippen molar-refractivity contribution in [1.29, 1.82) is 0 Å². The Morgan fingerprint density at radius 1 is 1.30 bits per heavy atom. The molecule has 112 valence electrons. The van der Waals surface area contributed by atoms with Crippen LogP contribution in [0.4, 0.5) is 0 Å². The number of benzene rings is 1. The first-order valence-corrected chi connectivity index (χ1v) is 7.79. The molecule has 0 bridgehead atoms. The van der Waals surface area contributed by atoms with E-state index in [0.29, 0.717) is 5.92 Å². The summed E-state index contributed by atoms with van der Waals surface area (Å²) in [6, 6.07) is 6.57. The van der Waals surface area contributed by atoms with Crippen molar-refractivity contribution in [3.05, 3.63) is 29.3 Å². The Labute approximate surface area is 122 Å². The second kappa shape index (κ2) is 8.28. The fraction of sp³-hybridized carbons (Fsp3) is 0.647. The Kier molecular flexibility index (Phi) is 6.34. The van der Waals surface area contributed by atoms with Crippen molar-refractivity contribution < 1.29 is 9.47 Å². The first kappa shape index (κ1) is 15.3. The van der Waals surface area contributed by atoms with E-state index in [1.807, 2.05) is 0 Å². The summed E-state index contributed by atoms with van der Waals surface area (Å²) in [4.78, 5) is 0. The topological polar surface area (TPSA) is 30.5 Å². The van der Waals surface area contributed by atoms with Crippen LogP contribution in [0.3, 0.4) is 0 Å². The molecule has 0 aliphatic carbocycles. The Bertz CT molecular complexity index is 404. The summed E-state index contributed by atoms with van der Waals surface area (Å²) in [5, 5.41) is 3.48. The number of hydrogen-bond acceptors (Lipinski definition) is 3. The zero-order chi connectivity index (χ0) is 14.2. The van der Waals surface area contributed by atoms with Crippen LogP contribution in [0.15, 0.2) is 18.2 Å². The van der Waals surface area contributed by atoms with Crippen LogP contribution in [0.5, 0.6) is 5.75 Å². The van der Waals surface area contributed by atoms with Gasteiger partial charge in [0.1, 0.15) is 5.75 Å². The zero-order valence-corrected chi connectivity index (χ0v) is 12.8. The molecule has 0 unspecified atom stereocenters. The number of nitrogens with one attached hydrogen (secondary N) is 1. The van der Waals surface area contributed by atoms with Crippen LogP contribution >= 0.6 is 0 Å². The Morgan fingerprint density at radius 3 is 3.05 bits per heavy atom. The zero-order valence-electron chi connectivity index (χ0n) is 12.8. The normalized spacial score (nSPS) is 13.6. The summed E-state index contributed by atoms with van der Waals surface area (Å²) in [6.07, 6.45) is 3.23. The lowest BCUT2D eigenvalue weighted by Crippen LogP contribution is -2.20. The van der Waals surface area contributed by atoms with Crippen LogP contribution in [0.2, 0.25) is 0 Å². The standard InChI is InChI=1S/C17H27NO2/c1-14(2)13-19-10-3-8-18-9-6-15-4-5-17-16(12-15)7-11-20-17/h4-5,12,14,18H,3,6-11,13H2,1-2H3. The molecule has 0 atom stereocenters. The summed E-state index contributed by atoms with van der Waals surface area (Å²) in [5.41, 5.74) is 2.77. The van der Waals surface area contributed by atoms with Crippen LogP contribution in [-0.2, 0) is 17.6 Å². The van der Waals surface area contributed by atoms with Gasteiger partial charge in [-0.15, -0.1) is 0 Å². The van der Waals surface area contributed by atoms with Crippen molar-refractivity contribution in [2.75, 3.05) is 32.9 Å². The molecular formula is C17H27NO2. The summed E-state index contributed by atoms with van der Waals surface area (Å²) in [5.74, 6) is 1.70. The van der Waals surface area contributed by atoms with E-state index in [9.17, 15) is 0 Å². The first-order chi connectivity index (χ1) is 9.75. The molecule has 0 saturated carbocycles. The minimum Gasteiger partial charge on any atom is -0.493 e. The summed E-state index contributed by atoms with van der Waals surface area (Å²) >= 11 is 0. The van der Waals surface area contributed by atoms with E-state index in [-0.39, 0.29) is 0 Å². The highest BCUT2D eigenvalue weighted by Crippen LogP contribution is 2.25. The van der Waals surface area contributed by atoms with Gasteiger partial charge in [-0.3, -0.25) is 0 Å². The van der Waals surface area contributed by atoms with Crippen molar-refractivity contribution in [3.63, 3.8) is 0 Å². The third-order valence-electron chi connectivity index (χ3n) is 3.44. The quantitative estimate of drug-likeness (QED) is 0.704. The summed E-state index contributed by atoms with van der Waals surface area (Å²) in [6.45, 7) is 9.00. The van der Waals surface area contributed by atoms with E-state index in [2.05, 4.69) is 37.4 Å². The molecule has 0 saturated heterocycles. The van der Waals surface area contributed by atoms with Crippen molar-refractivity contribution in [3.8, 4) is 5.75 Å². The van der Waals surface area contributed by atoms with Crippen molar-refractivity contribution in [2.45, 2.75) is 33.1 Å². The Balaban J connectivity index is 1.53. The molecule has 20 heavy (non-hydrogen) atoms. The largest absolute Gasteiger partial charge is 0.493 e. The van der Waals surface area contributed by atoms with Gasteiger partial charge in [0.25, 0.3) is 0 Å². The van der Waals surface area contributed by atoms with Crippen molar-refractivity contribution >= 4 is 0 Å². The number of fused-ring (bicyclic) bond motifs is 1. The van der Waals surface area contributed by atoms with Crippen LogP contribution < -0.4 is 10.1 Å². The molecule has 3 nitrogen and oxygen atoms in total. The van der Waals surface area contributed by atoms with E-state index in [0.717, 1.165) is 57.9 Å². The fourth-order valence-corrected chi connectivity index (χ4v) is 2.37. The van der Waals surface area contributed by atoms with Gasteiger partial charge < -0.3 is 14.8 Å². The van der Waals surface area contributed by atoms with Crippen molar-refractivity contribution in [1.82, 2.24) is 5.32 Å². The smallest absolute Gasteiger partial charge is 0.122 e. The highest BCUT2D eigenvalue weighted by Gasteiger charge is 2.11. The predicted octanol–water partition coefficient (Wildman–Crippen LogP) is 2.82. The minimum atomic E-state index is 0.631. The molecule has 2 rings (SSSR count). The molecule has 1 heterocycles. The van der Waals surface area contributed by atoms with Gasteiger partial charge >= 0.3 is 0 Å². The SMILES string of the molecule is CC(C)COCCCNCCc1ccc2c(c1)CCO2. The van der Waals surface area contributed by atoms with Gasteiger partial charge in [0.2, 0.25) is 0 Å². The van der Waals surface area contributed by atoms with E-state index < -0.39 is 0 Å². The van der Waals surface area contributed by atoms with Crippen LogP contribution in [0, 0.1) is 5.92 Å². The Morgan fingerprint density at radius 2 is 2.20 bits per heavy atom. The monoisotopic (exact) mass is 277 g/mol. The lowest BCUT2D eigenvalue weighted by atomic mass is 10.1. The van der Waals surface area contributed by atoms with Gasteiger partial charge in [-0.2, -0.15) is 0 Å². The van der Waals surface area contributed by atoms with E-state index in [1.165, 1.54) is 11.1 Å². The third kappa shape index (κ3) is 5.14. The average Bonchev–Trinajstić information content (AvgIpc) is 2.89. The Hall–Kier alpha value is -1.06. The minimum absolute atomic E-state index is 0.631. The van der Waals surface area contributed by atoms with Crippen LogP contribution in [-0.4, -0.2) is 32.9 Å². The molecule has 0 amide bonds. The van der Waals surface area contributed by atoms with Crippen molar-refractivity contribution in [2.24, 2.45) is 5.92 Å². The van der Waals surface area contributed by atoms with Gasteiger partial charge in [-0.25, -0.2) is 0 Å². The van der Waals surface area contributed by atoms with E-state index >= 15 is 0 Å². The highest BCUT2D eigenvalue weighted by molar-refractivity contribution is 5.39. The maximum atomic E-state index is 5.56. The molecule has 0 aromatic heterocycles. The predicted molar refractivity (Wildman–Crippen MR) is 82.5 cm³/mol. The van der Waals surface area contributed by atoms with Gasteiger partial charge in [0.05, 0.1) is 6.61 Å². The molecule has 0 radical (unpaired) electrons. The maximum absolute atomic E-state index is 5.56. The maximum Gasteiger partial charge on any atom is 0.122 e. The third-order valence-corrected chi connectivity index (χ3v) is 3.44. The van der Waals surface area contributed by atoms with Gasteiger partial charge in [-0.1, -0.05) is 26.0 Å². The second-order valence-corrected chi connectivity index (χ2v) is 5.86. The van der Waals surface area contributed by atoms with E-state index in [1.54, 1.807) is 0 Å². The van der Waals surface area contributed by atoms with Crippen LogP contribution in [0.1, 0.15) is 31.4 Å². The molecule has 3 heteroatoms. The van der Waals surface area contributed by atoms with Gasteiger partial charge in [-0.05, 0) is 49.0 Å². The number of rotatable bonds is 9. The van der Waals surface area contributed by atoms with E-state index in [4.69, 9.17) is 9.47 Å².